The van der Waals surface area contributed by atoms with Gasteiger partial charge in [-0.25, -0.2) is 4.79 Å². The van der Waals surface area contributed by atoms with Crippen molar-refractivity contribution in [2.75, 3.05) is 13.2 Å². The molecule has 0 saturated carbocycles. The lowest BCUT2D eigenvalue weighted by molar-refractivity contribution is -0.148. The van der Waals surface area contributed by atoms with E-state index in [1.165, 1.54) is 16.0 Å². The SMILES string of the molecule is CCC(C)N(CC(=O)O)C(=O)C1CC=CC(NC(=O)OCC2c3ccccc3-c3ccccc32)C1. The van der Waals surface area contributed by atoms with Crippen LogP contribution in [0.5, 0.6) is 0 Å². The molecule has 0 spiro atoms. The number of hydrogen-bond donors (Lipinski definition) is 2. The number of carboxylic acid groups (broad SMARTS) is 1. The van der Waals surface area contributed by atoms with Crippen molar-refractivity contribution in [3.8, 4) is 11.1 Å². The van der Waals surface area contributed by atoms with Gasteiger partial charge in [0.15, 0.2) is 0 Å². The predicted octanol–water partition coefficient (Wildman–Crippen LogP) is 4.57. The summed E-state index contributed by atoms with van der Waals surface area (Å²) in [6.07, 6.45) is 4.81. The van der Waals surface area contributed by atoms with Crippen LogP contribution in [0, 0.1) is 5.92 Å². The number of hydrogen-bond acceptors (Lipinski definition) is 4. The van der Waals surface area contributed by atoms with Gasteiger partial charge in [-0.15, -0.1) is 0 Å². The molecule has 2 aliphatic carbocycles. The van der Waals surface area contributed by atoms with E-state index in [0.29, 0.717) is 19.3 Å². The maximum atomic E-state index is 13.1. The summed E-state index contributed by atoms with van der Waals surface area (Å²) in [5, 5.41) is 12.1. The van der Waals surface area contributed by atoms with Gasteiger partial charge in [-0.1, -0.05) is 67.6 Å². The van der Waals surface area contributed by atoms with Crippen molar-refractivity contribution in [2.45, 2.75) is 51.1 Å². The van der Waals surface area contributed by atoms with Crippen LogP contribution in [0.3, 0.4) is 0 Å². The highest BCUT2D eigenvalue weighted by atomic mass is 16.5. The molecule has 0 bridgehead atoms. The molecule has 0 aromatic heterocycles. The third-order valence-electron chi connectivity index (χ3n) is 7.04. The number of alkyl carbamates (subject to hydrolysis) is 1. The van der Waals surface area contributed by atoms with E-state index in [1.807, 2.05) is 50.3 Å². The van der Waals surface area contributed by atoms with E-state index < -0.39 is 12.1 Å². The van der Waals surface area contributed by atoms with Crippen LogP contribution in [-0.2, 0) is 14.3 Å². The number of benzene rings is 2. The maximum absolute atomic E-state index is 13.1. The van der Waals surface area contributed by atoms with Crippen LogP contribution < -0.4 is 5.32 Å². The van der Waals surface area contributed by atoms with Gasteiger partial charge in [0.05, 0.1) is 6.04 Å². The Labute approximate surface area is 205 Å². The Balaban J connectivity index is 1.36. The van der Waals surface area contributed by atoms with E-state index >= 15 is 0 Å². The number of carbonyl (C=O) groups is 3. The van der Waals surface area contributed by atoms with Crippen molar-refractivity contribution in [1.82, 2.24) is 10.2 Å². The number of amides is 2. The van der Waals surface area contributed by atoms with Crippen LogP contribution >= 0.6 is 0 Å². The second-order valence-corrected chi connectivity index (χ2v) is 9.29. The quantitative estimate of drug-likeness (QED) is 0.544. The largest absolute Gasteiger partial charge is 0.480 e. The van der Waals surface area contributed by atoms with Crippen molar-refractivity contribution in [3.63, 3.8) is 0 Å². The minimum atomic E-state index is -1.03. The number of carboxylic acids is 1. The van der Waals surface area contributed by atoms with E-state index in [4.69, 9.17) is 4.74 Å². The van der Waals surface area contributed by atoms with E-state index in [2.05, 4.69) is 29.6 Å². The molecule has 35 heavy (non-hydrogen) atoms. The first kappa shape index (κ1) is 24.5. The summed E-state index contributed by atoms with van der Waals surface area (Å²) in [5.41, 5.74) is 4.63. The van der Waals surface area contributed by atoms with Crippen LogP contribution in [0.2, 0.25) is 0 Å². The van der Waals surface area contributed by atoms with Crippen LogP contribution in [0.25, 0.3) is 11.1 Å². The van der Waals surface area contributed by atoms with Crippen LogP contribution in [0.15, 0.2) is 60.7 Å². The highest BCUT2D eigenvalue weighted by Crippen LogP contribution is 2.44. The fraction of sp³-hybridized carbons (Fsp3) is 0.393. The summed E-state index contributed by atoms with van der Waals surface area (Å²) < 4.78 is 5.64. The first-order valence-electron chi connectivity index (χ1n) is 12.2. The molecule has 0 heterocycles. The van der Waals surface area contributed by atoms with Gasteiger partial charge in [0.1, 0.15) is 13.2 Å². The predicted molar refractivity (Wildman–Crippen MR) is 133 cm³/mol. The first-order valence-corrected chi connectivity index (χ1v) is 12.2. The minimum absolute atomic E-state index is 0.0236. The molecule has 7 heteroatoms. The molecule has 0 saturated heterocycles. The highest BCUT2D eigenvalue weighted by molar-refractivity contribution is 5.84. The number of ether oxygens (including phenoxy) is 1. The molecular weight excluding hydrogens is 444 g/mol. The molecule has 2 aromatic carbocycles. The van der Waals surface area contributed by atoms with Gasteiger partial charge in [-0.2, -0.15) is 0 Å². The zero-order chi connectivity index (χ0) is 24.9. The van der Waals surface area contributed by atoms with E-state index in [9.17, 15) is 19.5 Å². The summed E-state index contributed by atoms with van der Waals surface area (Å²) >= 11 is 0. The Morgan fingerprint density at radius 3 is 2.31 bits per heavy atom. The fourth-order valence-electron chi connectivity index (χ4n) is 5.04. The zero-order valence-electron chi connectivity index (χ0n) is 20.1. The Hall–Kier alpha value is -3.61. The van der Waals surface area contributed by atoms with Crippen LogP contribution in [0.1, 0.15) is 50.2 Å². The molecule has 3 atom stereocenters. The van der Waals surface area contributed by atoms with E-state index in [0.717, 1.165) is 11.1 Å². The zero-order valence-corrected chi connectivity index (χ0v) is 20.1. The fourth-order valence-corrected chi connectivity index (χ4v) is 5.04. The highest BCUT2D eigenvalue weighted by Gasteiger charge is 2.32. The number of aliphatic carboxylic acids is 1. The molecular formula is C28H32N2O5. The molecule has 0 fully saturated rings. The number of rotatable bonds is 8. The lowest BCUT2D eigenvalue weighted by atomic mass is 9.89. The molecule has 2 N–H and O–H groups in total. The third kappa shape index (κ3) is 5.39. The Morgan fingerprint density at radius 2 is 1.71 bits per heavy atom. The summed E-state index contributed by atoms with van der Waals surface area (Å²) in [6, 6.07) is 15.8. The summed E-state index contributed by atoms with van der Waals surface area (Å²) in [4.78, 5) is 38.5. The summed E-state index contributed by atoms with van der Waals surface area (Å²) in [7, 11) is 0. The molecule has 0 aliphatic heterocycles. The van der Waals surface area contributed by atoms with Gasteiger partial charge in [-0.3, -0.25) is 9.59 Å². The van der Waals surface area contributed by atoms with Gasteiger partial charge in [-0.05, 0) is 48.4 Å². The lowest BCUT2D eigenvalue weighted by Crippen LogP contribution is -2.47. The number of nitrogens with one attached hydrogen (secondary N) is 1. The topological polar surface area (TPSA) is 95.9 Å². The van der Waals surface area contributed by atoms with Crippen molar-refractivity contribution in [3.05, 3.63) is 71.8 Å². The molecule has 2 aliphatic rings. The molecule has 2 aromatic rings. The second-order valence-electron chi connectivity index (χ2n) is 9.29. The lowest BCUT2D eigenvalue weighted by Gasteiger charge is -2.33. The normalized spacial score (nSPS) is 19.4. The van der Waals surface area contributed by atoms with E-state index in [1.54, 1.807) is 0 Å². The molecule has 2 amide bonds. The van der Waals surface area contributed by atoms with E-state index in [-0.39, 0.29) is 43.0 Å². The summed E-state index contributed by atoms with van der Waals surface area (Å²) in [6.45, 7) is 3.68. The van der Waals surface area contributed by atoms with Gasteiger partial charge >= 0.3 is 12.1 Å². The molecule has 7 nitrogen and oxygen atoms in total. The number of nitrogens with zero attached hydrogens (tertiary/aromatic N) is 1. The third-order valence-corrected chi connectivity index (χ3v) is 7.04. The Kier molecular flexibility index (Phi) is 7.54. The second kappa shape index (κ2) is 10.8. The van der Waals surface area contributed by atoms with Crippen LogP contribution in [-0.4, -0.2) is 53.2 Å². The van der Waals surface area contributed by atoms with Crippen LogP contribution in [0.4, 0.5) is 4.79 Å². The van der Waals surface area contributed by atoms with Crippen molar-refractivity contribution in [2.24, 2.45) is 5.92 Å². The van der Waals surface area contributed by atoms with Crippen molar-refractivity contribution in [1.29, 1.82) is 0 Å². The molecule has 4 rings (SSSR count). The van der Waals surface area contributed by atoms with Gasteiger partial charge < -0.3 is 20.1 Å². The minimum Gasteiger partial charge on any atom is -0.480 e. The van der Waals surface area contributed by atoms with Gasteiger partial charge in [0.25, 0.3) is 0 Å². The standard InChI is InChI=1S/C28H32N2O5/c1-3-18(2)30(16-26(31)32)27(33)19-9-8-10-20(15-19)29-28(34)35-17-25-23-13-6-4-11-21(23)22-12-5-7-14-24(22)25/h4-8,10-14,18-20,25H,3,9,15-17H2,1-2H3,(H,29,34)(H,31,32). The number of fused-ring (bicyclic) bond motifs is 3. The van der Waals surface area contributed by atoms with Gasteiger partial charge in [0, 0.05) is 17.9 Å². The molecule has 184 valence electrons. The average molecular weight is 477 g/mol. The maximum Gasteiger partial charge on any atom is 0.407 e. The first-order chi connectivity index (χ1) is 16.9. The number of allylic oxidation sites excluding steroid dienone is 1. The Bertz CT molecular complexity index is 1080. The Morgan fingerprint density at radius 1 is 1.09 bits per heavy atom. The average Bonchev–Trinajstić information content (AvgIpc) is 3.19. The van der Waals surface area contributed by atoms with Gasteiger partial charge in [0.2, 0.25) is 5.91 Å². The molecule has 3 unspecified atom stereocenters. The van der Waals surface area contributed by atoms with Crippen molar-refractivity contribution >= 4 is 18.0 Å². The smallest absolute Gasteiger partial charge is 0.407 e. The number of carbonyl (C=O) groups excluding carboxylic acids is 2. The molecule has 0 radical (unpaired) electrons. The summed E-state index contributed by atoms with van der Waals surface area (Å²) in [5.74, 6) is -1.62. The monoisotopic (exact) mass is 476 g/mol. The van der Waals surface area contributed by atoms with Crippen molar-refractivity contribution < 1.29 is 24.2 Å².